The Kier molecular flexibility index (Phi) is 5.60. The minimum atomic E-state index is -0.876. The summed E-state index contributed by atoms with van der Waals surface area (Å²) in [6.07, 6.45) is 3.70. The highest BCUT2D eigenvalue weighted by molar-refractivity contribution is 6.04. The highest BCUT2D eigenvalue weighted by atomic mass is 16.5. The van der Waals surface area contributed by atoms with Crippen LogP contribution in [0.15, 0.2) is 65.8 Å². The maximum Gasteiger partial charge on any atom is 0.199 e. The van der Waals surface area contributed by atoms with Crippen LogP contribution in [0.5, 0.6) is 0 Å². The summed E-state index contributed by atoms with van der Waals surface area (Å²) in [7, 11) is 4.47. The zero-order valence-corrected chi connectivity index (χ0v) is 13.4. The predicted molar refractivity (Wildman–Crippen MR) is 85.5 cm³/mol. The standard InChI is InChI=1S/C18H20O5/c1-21-16-11-15(20)13(17(22-2)18(16)23-3)9-10-14(19)12-7-5-4-6-8-12/h4-11,13,15,20H,1-3H3. The zero-order chi connectivity index (χ0) is 16.8. The molecule has 0 aromatic heterocycles. The number of ether oxygens (including phenoxy) is 3. The van der Waals surface area contributed by atoms with Crippen molar-refractivity contribution in [3.8, 4) is 0 Å². The van der Waals surface area contributed by atoms with E-state index in [1.54, 1.807) is 30.3 Å². The highest BCUT2D eigenvalue weighted by Crippen LogP contribution is 2.32. The van der Waals surface area contributed by atoms with Crippen LogP contribution in [0.4, 0.5) is 0 Å². The van der Waals surface area contributed by atoms with Crippen molar-refractivity contribution in [3.63, 3.8) is 0 Å². The van der Waals surface area contributed by atoms with Crippen LogP contribution < -0.4 is 0 Å². The quantitative estimate of drug-likeness (QED) is 0.645. The van der Waals surface area contributed by atoms with Crippen LogP contribution in [0.1, 0.15) is 10.4 Å². The van der Waals surface area contributed by atoms with Gasteiger partial charge in [-0.05, 0) is 12.2 Å². The van der Waals surface area contributed by atoms with Crippen LogP contribution in [-0.4, -0.2) is 38.3 Å². The summed E-state index contributed by atoms with van der Waals surface area (Å²) in [5, 5.41) is 10.3. The van der Waals surface area contributed by atoms with E-state index in [2.05, 4.69) is 0 Å². The number of carbonyl (C=O) groups is 1. The summed E-state index contributed by atoms with van der Waals surface area (Å²) in [5.74, 6) is 0.546. The lowest BCUT2D eigenvalue weighted by atomic mass is 9.92. The maximum absolute atomic E-state index is 12.2. The molecule has 1 aromatic rings. The van der Waals surface area contributed by atoms with Crippen LogP contribution >= 0.6 is 0 Å². The first-order valence-electron chi connectivity index (χ1n) is 7.16. The Bertz CT molecular complexity index is 643. The van der Waals surface area contributed by atoms with Gasteiger partial charge in [-0.25, -0.2) is 0 Å². The Hall–Kier alpha value is -2.53. The molecule has 2 atom stereocenters. The topological polar surface area (TPSA) is 65.0 Å². The Morgan fingerprint density at radius 1 is 1.09 bits per heavy atom. The molecule has 0 bridgehead atoms. The molecule has 0 radical (unpaired) electrons. The van der Waals surface area contributed by atoms with E-state index >= 15 is 0 Å². The van der Waals surface area contributed by atoms with E-state index in [9.17, 15) is 9.90 Å². The lowest BCUT2D eigenvalue weighted by Gasteiger charge is -2.27. The molecule has 0 fully saturated rings. The molecule has 5 nitrogen and oxygen atoms in total. The van der Waals surface area contributed by atoms with Crippen molar-refractivity contribution in [1.29, 1.82) is 0 Å². The number of carbonyl (C=O) groups excluding carboxylic acids is 1. The SMILES string of the molecule is COC1=CC(O)C(C=CC(=O)c2ccccc2)C(OC)=C1OC. The van der Waals surface area contributed by atoms with Crippen molar-refractivity contribution < 1.29 is 24.1 Å². The van der Waals surface area contributed by atoms with Crippen molar-refractivity contribution in [2.24, 2.45) is 5.92 Å². The Morgan fingerprint density at radius 2 is 1.78 bits per heavy atom. The second-order valence-corrected chi connectivity index (χ2v) is 4.94. The highest BCUT2D eigenvalue weighted by Gasteiger charge is 2.32. The molecule has 23 heavy (non-hydrogen) atoms. The van der Waals surface area contributed by atoms with Crippen LogP contribution in [0.25, 0.3) is 0 Å². The van der Waals surface area contributed by atoms with E-state index in [0.29, 0.717) is 22.8 Å². The van der Waals surface area contributed by atoms with Gasteiger partial charge in [0.1, 0.15) is 0 Å². The number of methoxy groups -OCH3 is 3. The fourth-order valence-electron chi connectivity index (χ4n) is 2.44. The van der Waals surface area contributed by atoms with Gasteiger partial charge in [-0.1, -0.05) is 36.4 Å². The number of ketones is 1. The number of hydrogen-bond acceptors (Lipinski definition) is 5. The van der Waals surface area contributed by atoms with Crippen molar-refractivity contribution >= 4 is 5.78 Å². The third-order valence-electron chi connectivity index (χ3n) is 3.60. The number of aliphatic hydroxyl groups is 1. The molecular weight excluding hydrogens is 296 g/mol. The van der Waals surface area contributed by atoms with Crippen molar-refractivity contribution in [3.05, 3.63) is 71.4 Å². The Balaban J connectivity index is 2.28. The molecule has 0 aliphatic heterocycles. The number of aliphatic hydroxyl groups excluding tert-OH is 1. The molecular formula is C18H20O5. The van der Waals surface area contributed by atoms with Gasteiger partial charge in [0.15, 0.2) is 23.1 Å². The second kappa shape index (κ2) is 7.65. The molecule has 2 unspecified atom stereocenters. The first-order chi connectivity index (χ1) is 11.1. The van der Waals surface area contributed by atoms with E-state index in [4.69, 9.17) is 14.2 Å². The van der Waals surface area contributed by atoms with Gasteiger partial charge in [-0.3, -0.25) is 4.79 Å². The van der Waals surface area contributed by atoms with Crippen LogP contribution in [-0.2, 0) is 14.2 Å². The van der Waals surface area contributed by atoms with Gasteiger partial charge in [0.25, 0.3) is 0 Å². The average Bonchev–Trinajstić information content (AvgIpc) is 2.59. The molecule has 122 valence electrons. The molecule has 0 heterocycles. The largest absolute Gasteiger partial charge is 0.496 e. The summed E-state index contributed by atoms with van der Waals surface area (Å²) in [6.45, 7) is 0. The van der Waals surface area contributed by atoms with Crippen molar-refractivity contribution in [2.75, 3.05) is 21.3 Å². The first-order valence-corrected chi connectivity index (χ1v) is 7.16. The maximum atomic E-state index is 12.2. The third-order valence-corrected chi connectivity index (χ3v) is 3.60. The smallest absolute Gasteiger partial charge is 0.199 e. The molecule has 0 spiro atoms. The summed E-state index contributed by atoms with van der Waals surface area (Å²) in [5.41, 5.74) is 0.581. The van der Waals surface area contributed by atoms with E-state index in [-0.39, 0.29) is 5.78 Å². The summed E-state index contributed by atoms with van der Waals surface area (Å²) >= 11 is 0. The molecule has 0 amide bonds. The van der Waals surface area contributed by atoms with Gasteiger partial charge in [0.2, 0.25) is 0 Å². The Labute approximate surface area is 135 Å². The molecule has 0 saturated heterocycles. The van der Waals surface area contributed by atoms with E-state index in [1.165, 1.54) is 33.5 Å². The minimum Gasteiger partial charge on any atom is -0.496 e. The predicted octanol–water partition coefficient (Wildman–Crippen LogP) is 2.45. The number of allylic oxidation sites excluding steroid dienone is 1. The lowest BCUT2D eigenvalue weighted by molar-refractivity contribution is 0.102. The van der Waals surface area contributed by atoms with Crippen LogP contribution in [0.3, 0.4) is 0 Å². The van der Waals surface area contributed by atoms with Crippen LogP contribution in [0, 0.1) is 5.92 Å². The number of hydrogen-bond donors (Lipinski definition) is 1. The third kappa shape index (κ3) is 3.63. The summed E-state index contributed by atoms with van der Waals surface area (Å²) < 4.78 is 15.8. The van der Waals surface area contributed by atoms with E-state index < -0.39 is 12.0 Å². The molecule has 5 heteroatoms. The van der Waals surface area contributed by atoms with Crippen molar-refractivity contribution in [1.82, 2.24) is 0 Å². The lowest BCUT2D eigenvalue weighted by Crippen LogP contribution is -2.26. The first kappa shape index (κ1) is 16.8. The molecule has 1 N–H and O–H groups in total. The summed E-state index contributed by atoms with van der Waals surface area (Å²) in [4.78, 5) is 12.2. The second-order valence-electron chi connectivity index (χ2n) is 4.94. The average molecular weight is 316 g/mol. The van der Waals surface area contributed by atoms with E-state index in [0.717, 1.165) is 0 Å². The minimum absolute atomic E-state index is 0.145. The van der Waals surface area contributed by atoms with Crippen LogP contribution in [0.2, 0.25) is 0 Å². The molecule has 1 aliphatic rings. The van der Waals surface area contributed by atoms with E-state index in [1.807, 2.05) is 6.07 Å². The van der Waals surface area contributed by atoms with Gasteiger partial charge in [-0.2, -0.15) is 0 Å². The number of rotatable bonds is 6. The molecule has 0 saturated carbocycles. The van der Waals surface area contributed by atoms with Gasteiger partial charge in [0.05, 0.1) is 33.4 Å². The Morgan fingerprint density at radius 3 is 2.35 bits per heavy atom. The zero-order valence-electron chi connectivity index (χ0n) is 13.4. The van der Waals surface area contributed by atoms with Gasteiger partial charge in [0, 0.05) is 5.56 Å². The van der Waals surface area contributed by atoms with Gasteiger partial charge >= 0.3 is 0 Å². The van der Waals surface area contributed by atoms with Crippen molar-refractivity contribution in [2.45, 2.75) is 6.10 Å². The van der Waals surface area contributed by atoms with Gasteiger partial charge < -0.3 is 19.3 Å². The molecule has 2 rings (SSSR count). The fourth-order valence-corrected chi connectivity index (χ4v) is 2.44. The summed E-state index contributed by atoms with van der Waals surface area (Å²) in [6, 6.07) is 8.92. The monoisotopic (exact) mass is 316 g/mol. The van der Waals surface area contributed by atoms with Gasteiger partial charge in [-0.15, -0.1) is 0 Å². The molecule has 1 aromatic carbocycles. The molecule has 1 aliphatic carbocycles. The normalized spacial score (nSPS) is 21.1. The number of benzene rings is 1. The fraction of sp³-hybridized carbons (Fsp3) is 0.278.